The zero-order valence-corrected chi connectivity index (χ0v) is 10.4. The molecule has 82 valence electrons. The van der Waals surface area contributed by atoms with E-state index in [1.165, 1.54) is 12.0 Å². The van der Waals surface area contributed by atoms with Crippen LogP contribution in [0.25, 0.3) is 0 Å². The van der Waals surface area contributed by atoms with Gasteiger partial charge in [0.05, 0.1) is 18.2 Å². The van der Waals surface area contributed by atoms with Crippen molar-refractivity contribution in [1.29, 1.82) is 0 Å². The fraction of sp³-hybridized carbons (Fsp3) is 0.500. The van der Waals surface area contributed by atoms with E-state index in [1.807, 2.05) is 12.1 Å². The number of halogens is 1. The Morgan fingerprint density at radius 1 is 1.47 bits per heavy atom. The van der Waals surface area contributed by atoms with E-state index in [0.717, 1.165) is 23.1 Å². The molecule has 0 amide bonds. The third-order valence-electron chi connectivity index (χ3n) is 3.38. The summed E-state index contributed by atoms with van der Waals surface area (Å²) < 4.78 is 6.22. The molecule has 1 fully saturated rings. The van der Waals surface area contributed by atoms with E-state index >= 15 is 0 Å². The molecule has 1 aliphatic rings. The van der Waals surface area contributed by atoms with E-state index in [0.29, 0.717) is 0 Å². The smallest absolute Gasteiger partial charge is 0.133 e. The van der Waals surface area contributed by atoms with Crippen LogP contribution in [-0.4, -0.2) is 18.8 Å². The Morgan fingerprint density at radius 2 is 2.20 bits per heavy atom. The van der Waals surface area contributed by atoms with Crippen LogP contribution in [0.4, 0.5) is 0 Å². The molecule has 2 nitrogen and oxygen atoms in total. The number of aliphatic hydroxyl groups is 1. The van der Waals surface area contributed by atoms with Crippen LogP contribution in [0.15, 0.2) is 22.7 Å². The number of hydrogen-bond acceptors (Lipinski definition) is 2. The van der Waals surface area contributed by atoms with Crippen molar-refractivity contribution in [2.24, 2.45) is 0 Å². The van der Waals surface area contributed by atoms with Crippen LogP contribution in [0.3, 0.4) is 0 Å². The molecule has 0 heterocycles. The van der Waals surface area contributed by atoms with E-state index in [9.17, 15) is 5.11 Å². The first-order valence-corrected chi connectivity index (χ1v) is 5.96. The van der Waals surface area contributed by atoms with Crippen LogP contribution in [0, 0.1) is 0 Å². The molecular formula is C12H15BrO2. The lowest BCUT2D eigenvalue weighted by Crippen LogP contribution is -2.37. The van der Waals surface area contributed by atoms with Crippen molar-refractivity contribution < 1.29 is 9.84 Å². The molecule has 3 heteroatoms. The zero-order valence-electron chi connectivity index (χ0n) is 8.79. The Labute approximate surface area is 98.4 Å². The number of methoxy groups -OCH3 is 1. The average molecular weight is 271 g/mol. The molecule has 0 aromatic heterocycles. The summed E-state index contributed by atoms with van der Waals surface area (Å²) in [7, 11) is 1.66. The number of hydrogen-bond donors (Lipinski definition) is 1. The minimum Gasteiger partial charge on any atom is -0.496 e. The van der Waals surface area contributed by atoms with Gasteiger partial charge in [0.25, 0.3) is 0 Å². The highest BCUT2D eigenvalue weighted by Gasteiger charge is 2.38. The van der Waals surface area contributed by atoms with Gasteiger partial charge in [-0.05, 0) is 46.5 Å². The van der Waals surface area contributed by atoms with E-state index in [4.69, 9.17) is 4.74 Å². The normalized spacial score (nSPS) is 18.3. The molecule has 15 heavy (non-hydrogen) atoms. The van der Waals surface area contributed by atoms with E-state index in [-0.39, 0.29) is 12.0 Å². The third kappa shape index (κ3) is 1.79. The predicted molar refractivity (Wildman–Crippen MR) is 63.3 cm³/mol. The Balaban J connectivity index is 2.36. The molecule has 1 N–H and O–H groups in total. The summed E-state index contributed by atoms with van der Waals surface area (Å²) in [6.07, 6.45) is 3.36. The molecule has 0 radical (unpaired) electrons. The van der Waals surface area contributed by atoms with E-state index in [1.54, 1.807) is 7.11 Å². The molecular weight excluding hydrogens is 256 g/mol. The van der Waals surface area contributed by atoms with Crippen LogP contribution < -0.4 is 4.74 Å². The lowest BCUT2D eigenvalue weighted by molar-refractivity contribution is 0.120. The van der Waals surface area contributed by atoms with Gasteiger partial charge in [0, 0.05) is 5.41 Å². The van der Waals surface area contributed by atoms with Crippen molar-refractivity contribution in [2.45, 2.75) is 24.7 Å². The first kappa shape index (κ1) is 11.0. The standard InChI is InChI=1S/C12H15BrO2/c1-15-11-7-9(3-4-10(11)13)12(8-14)5-2-6-12/h3-4,7,14H,2,5-6,8H2,1H3. The minimum atomic E-state index is -0.00597. The Hall–Kier alpha value is -0.540. The van der Waals surface area contributed by atoms with Gasteiger partial charge in [0.15, 0.2) is 0 Å². The lowest BCUT2D eigenvalue weighted by Gasteiger charge is -2.41. The van der Waals surface area contributed by atoms with Gasteiger partial charge in [-0.1, -0.05) is 12.5 Å². The van der Waals surface area contributed by atoms with Gasteiger partial charge in [-0.15, -0.1) is 0 Å². The Kier molecular flexibility index (Phi) is 3.03. The van der Waals surface area contributed by atoms with Gasteiger partial charge in [0.1, 0.15) is 5.75 Å². The van der Waals surface area contributed by atoms with Crippen LogP contribution >= 0.6 is 15.9 Å². The Bertz CT molecular complexity index is 353. The highest BCUT2D eigenvalue weighted by molar-refractivity contribution is 9.10. The summed E-state index contributed by atoms with van der Waals surface area (Å²) >= 11 is 3.43. The van der Waals surface area contributed by atoms with Crippen molar-refractivity contribution >= 4 is 15.9 Å². The highest BCUT2D eigenvalue weighted by atomic mass is 79.9. The molecule has 0 atom stereocenters. The second kappa shape index (κ2) is 4.14. The van der Waals surface area contributed by atoms with Crippen molar-refractivity contribution in [1.82, 2.24) is 0 Å². The average Bonchev–Trinajstić information content (AvgIpc) is 2.19. The van der Waals surface area contributed by atoms with Crippen LogP contribution in [0.1, 0.15) is 24.8 Å². The molecule has 2 rings (SSSR count). The monoisotopic (exact) mass is 270 g/mol. The molecule has 1 aliphatic carbocycles. The molecule has 0 bridgehead atoms. The van der Waals surface area contributed by atoms with Crippen molar-refractivity contribution in [3.05, 3.63) is 28.2 Å². The lowest BCUT2D eigenvalue weighted by atomic mass is 9.65. The second-order valence-electron chi connectivity index (χ2n) is 4.14. The number of benzene rings is 1. The largest absolute Gasteiger partial charge is 0.496 e. The molecule has 1 aromatic rings. The first-order valence-electron chi connectivity index (χ1n) is 5.17. The summed E-state index contributed by atoms with van der Waals surface area (Å²) in [6.45, 7) is 0.234. The zero-order chi connectivity index (χ0) is 10.9. The fourth-order valence-corrected chi connectivity index (χ4v) is 2.54. The van der Waals surface area contributed by atoms with Crippen molar-refractivity contribution in [2.75, 3.05) is 13.7 Å². The van der Waals surface area contributed by atoms with Crippen LogP contribution in [-0.2, 0) is 5.41 Å². The maximum atomic E-state index is 9.47. The quantitative estimate of drug-likeness (QED) is 0.916. The fourth-order valence-electron chi connectivity index (χ4n) is 2.13. The van der Waals surface area contributed by atoms with E-state index in [2.05, 4.69) is 22.0 Å². The summed E-state index contributed by atoms with van der Waals surface area (Å²) in [5.41, 5.74) is 1.19. The van der Waals surface area contributed by atoms with Crippen LogP contribution in [0.5, 0.6) is 5.75 Å². The second-order valence-corrected chi connectivity index (χ2v) is 5.00. The summed E-state index contributed by atoms with van der Waals surface area (Å²) in [5.74, 6) is 0.840. The van der Waals surface area contributed by atoms with Gasteiger partial charge >= 0.3 is 0 Å². The molecule has 1 aromatic carbocycles. The maximum absolute atomic E-state index is 9.47. The summed E-state index contributed by atoms with van der Waals surface area (Å²) in [4.78, 5) is 0. The van der Waals surface area contributed by atoms with Gasteiger partial charge in [-0.25, -0.2) is 0 Å². The third-order valence-corrected chi connectivity index (χ3v) is 4.03. The summed E-state index contributed by atoms with van der Waals surface area (Å²) in [5, 5.41) is 9.47. The maximum Gasteiger partial charge on any atom is 0.133 e. The van der Waals surface area contributed by atoms with E-state index < -0.39 is 0 Å². The first-order chi connectivity index (χ1) is 7.22. The van der Waals surface area contributed by atoms with Crippen LogP contribution in [0.2, 0.25) is 0 Å². The molecule has 0 aliphatic heterocycles. The van der Waals surface area contributed by atoms with Gasteiger partial charge in [0.2, 0.25) is 0 Å². The molecule has 0 spiro atoms. The van der Waals surface area contributed by atoms with Gasteiger partial charge in [-0.3, -0.25) is 0 Å². The molecule has 1 saturated carbocycles. The predicted octanol–water partition coefficient (Wildman–Crippen LogP) is 2.87. The van der Waals surface area contributed by atoms with Gasteiger partial charge in [-0.2, -0.15) is 0 Å². The number of rotatable bonds is 3. The molecule has 0 unspecified atom stereocenters. The van der Waals surface area contributed by atoms with Crippen molar-refractivity contribution in [3.8, 4) is 5.75 Å². The number of ether oxygens (including phenoxy) is 1. The summed E-state index contributed by atoms with van der Waals surface area (Å²) in [6, 6.07) is 6.09. The minimum absolute atomic E-state index is 0.00597. The SMILES string of the molecule is COc1cc(C2(CO)CCC2)ccc1Br. The topological polar surface area (TPSA) is 29.5 Å². The Morgan fingerprint density at radius 3 is 2.67 bits per heavy atom. The van der Waals surface area contributed by atoms with Gasteiger partial charge < -0.3 is 9.84 Å². The van der Waals surface area contributed by atoms with Crippen molar-refractivity contribution in [3.63, 3.8) is 0 Å². The molecule has 0 saturated heterocycles. The highest BCUT2D eigenvalue weighted by Crippen LogP contribution is 2.44. The number of aliphatic hydroxyl groups excluding tert-OH is 1.